The molecule has 2 heterocycles. The Morgan fingerprint density at radius 2 is 0.971 bits per heavy atom. The molecule has 70 heavy (non-hydrogen) atoms. The van der Waals surface area contributed by atoms with E-state index in [0.717, 1.165) is 32.1 Å². The zero-order valence-corrected chi connectivity index (χ0v) is 40.4. The second-order valence-corrected chi connectivity index (χ2v) is 21.8. The van der Waals surface area contributed by atoms with E-state index in [-0.39, 0.29) is 6.04 Å². The molecule has 0 spiro atoms. The van der Waals surface area contributed by atoms with Gasteiger partial charge in [-0.25, -0.2) is 0 Å². The molecule has 0 N–H and O–H groups in total. The Morgan fingerprint density at radius 3 is 1.56 bits per heavy atom. The molecule has 16 rings (SSSR count). The predicted molar refractivity (Wildman–Crippen MR) is 296 cm³/mol. The van der Waals surface area contributed by atoms with Crippen LogP contribution in [-0.2, 0) is 25.7 Å². The van der Waals surface area contributed by atoms with Crippen molar-refractivity contribution in [3.63, 3.8) is 0 Å². The third-order valence-corrected chi connectivity index (χ3v) is 18.6. The van der Waals surface area contributed by atoms with Crippen LogP contribution in [0.1, 0.15) is 108 Å². The van der Waals surface area contributed by atoms with Crippen LogP contribution in [0.4, 0.5) is 0 Å². The van der Waals surface area contributed by atoms with E-state index in [1.807, 2.05) is 0 Å². The van der Waals surface area contributed by atoms with Crippen molar-refractivity contribution in [2.45, 2.75) is 89.5 Å². The van der Waals surface area contributed by atoms with Crippen molar-refractivity contribution >= 4 is 65.2 Å². The van der Waals surface area contributed by atoms with Gasteiger partial charge in [-0.05, 0) is 204 Å². The first-order valence-corrected chi connectivity index (χ1v) is 26.2. The molecule has 0 radical (unpaired) electrons. The van der Waals surface area contributed by atoms with Crippen molar-refractivity contribution in [3.05, 3.63) is 208 Å². The third kappa shape index (κ3) is 5.04. The number of aryl methyl sites for hydroxylation is 4. The summed E-state index contributed by atoms with van der Waals surface area (Å²) in [6.45, 7) is 10.2. The van der Waals surface area contributed by atoms with Gasteiger partial charge in [-0.3, -0.25) is 0 Å². The molecule has 5 aliphatic rings. The lowest BCUT2D eigenvalue weighted by Crippen LogP contribution is -2.24. The van der Waals surface area contributed by atoms with Crippen LogP contribution < -0.4 is 0 Å². The SMILES string of the molecule is CC1c2cc3c4cc(-c5ccc6c7c(cccc57)CC6)ccc4n(C4C=CC=CC4)c3c3c2-c2c(cc4c5cc(-c6ccc7c8c(cccc68)CC7)ccc5n(-c5ccccc5)c4c2C1C)C(C)C3C. The minimum Gasteiger partial charge on any atom is -0.333 e. The van der Waals surface area contributed by atoms with Crippen LogP contribution in [0.5, 0.6) is 0 Å². The van der Waals surface area contributed by atoms with Gasteiger partial charge in [0, 0.05) is 32.7 Å². The Kier molecular flexibility index (Phi) is 7.94. The molecule has 336 valence electrons. The van der Waals surface area contributed by atoms with Gasteiger partial charge in [0.15, 0.2) is 0 Å². The Bertz CT molecular complexity index is 4200. The number of para-hydroxylation sites is 1. The van der Waals surface area contributed by atoms with E-state index in [2.05, 4.69) is 201 Å². The molecule has 5 aliphatic carbocycles. The smallest absolute Gasteiger partial charge is 0.0582 e. The normalized spacial score (nSPS) is 20.6. The van der Waals surface area contributed by atoms with Crippen LogP contribution in [-0.4, -0.2) is 9.13 Å². The largest absolute Gasteiger partial charge is 0.333 e. The number of benzene rings is 9. The first kappa shape index (κ1) is 39.4. The fourth-order valence-electron chi connectivity index (χ4n) is 15.0. The van der Waals surface area contributed by atoms with Gasteiger partial charge >= 0.3 is 0 Å². The van der Waals surface area contributed by atoms with Crippen LogP contribution >= 0.6 is 0 Å². The highest BCUT2D eigenvalue weighted by atomic mass is 15.0. The van der Waals surface area contributed by atoms with Gasteiger partial charge in [-0.1, -0.05) is 143 Å². The van der Waals surface area contributed by atoms with E-state index in [4.69, 9.17) is 0 Å². The fourth-order valence-corrected chi connectivity index (χ4v) is 15.0. The molecule has 9 aromatic carbocycles. The third-order valence-electron chi connectivity index (χ3n) is 18.6. The van der Waals surface area contributed by atoms with Crippen LogP contribution in [0.2, 0.25) is 0 Å². The van der Waals surface area contributed by atoms with Gasteiger partial charge in [0.2, 0.25) is 0 Å². The van der Waals surface area contributed by atoms with Crippen molar-refractivity contribution in [1.29, 1.82) is 0 Å². The number of rotatable bonds is 4. The van der Waals surface area contributed by atoms with Crippen LogP contribution in [0, 0.1) is 0 Å². The summed E-state index contributed by atoms with van der Waals surface area (Å²) >= 11 is 0. The topological polar surface area (TPSA) is 9.86 Å². The highest BCUT2D eigenvalue weighted by Gasteiger charge is 2.43. The zero-order chi connectivity index (χ0) is 46.3. The van der Waals surface area contributed by atoms with Crippen molar-refractivity contribution < 1.29 is 0 Å². The monoisotopic (exact) mass is 898 g/mol. The van der Waals surface area contributed by atoms with Gasteiger partial charge in [0.25, 0.3) is 0 Å². The summed E-state index contributed by atoms with van der Waals surface area (Å²) in [7, 11) is 0. The van der Waals surface area contributed by atoms with E-state index in [1.54, 1.807) is 5.56 Å². The number of hydrogen-bond donors (Lipinski definition) is 0. The minimum absolute atomic E-state index is 0.237. The summed E-state index contributed by atoms with van der Waals surface area (Å²) in [5, 5.41) is 11.3. The lowest BCUT2D eigenvalue weighted by Gasteiger charge is -2.42. The molecule has 2 nitrogen and oxygen atoms in total. The van der Waals surface area contributed by atoms with Crippen LogP contribution in [0.15, 0.2) is 164 Å². The second kappa shape index (κ2) is 14.1. The van der Waals surface area contributed by atoms with Crippen molar-refractivity contribution in [3.8, 4) is 39.1 Å². The molecule has 0 aliphatic heterocycles. The highest BCUT2D eigenvalue weighted by Crippen LogP contribution is 2.62. The molecule has 5 atom stereocenters. The summed E-state index contributed by atoms with van der Waals surface area (Å²) < 4.78 is 5.39. The Hall–Kier alpha value is -7.42. The average molecular weight is 899 g/mol. The first-order chi connectivity index (χ1) is 34.4. The molecule has 0 saturated heterocycles. The Balaban J connectivity index is 0.996. The van der Waals surface area contributed by atoms with Crippen LogP contribution in [0.3, 0.4) is 0 Å². The molecule has 5 unspecified atom stereocenters. The Labute approximate surface area is 409 Å². The van der Waals surface area contributed by atoms with E-state index < -0.39 is 0 Å². The summed E-state index contributed by atoms with van der Waals surface area (Å²) in [6, 6.07) is 55.1. The number of fused-ring (bicyclic) bond motifs is 8. The highest BCUT2D eigenvalue weighted by molar-refractivity contribution is 6.18. The molecule has 2 aromatic heterocycles. The summed E-state index contributed by atoms with van der Waals surface area (Å²) in [5.41, 5.74) is 27.1. The predicted octanol–water partition coefficient (Wildman–Crippen LogP) is 17.9. The average Bonchev–Trinajstić information content (AvgIpc) is 4.19. The Morgan fingerprint density at radius 1 is 0.429 bits per heavy atom. The molecule has 2 heteroatoms. The minimum atomic E-state index is 0.237. The van der Waals surface area contributed by atoms with Gasteiger partial charge in [0.1, 0.15) is 0 Å². The number of allylic oxidation sites excluding steroid dienone is 4. The maximum absolute atomic E-state index is 2.76. The van der Waals surface area contributed by atoms with Crippen LogP contribution in [0.25, 0.3) is 104 Å². The van der Waals surface area contributed by atoms with E-state index >= 15 is 0 Å². The molecule has 11 aromatic rings. The standard InChI is InChI=1S/C68H54N2/c1-37-39(3)61-66-54(36-58-56-34-46(28-32-60(56)69(67(58)61)47-15-7-5-8-16-47)50-30-26-44-24-22-42-14-12-20-52(50)64(42)44)38(2)40(4)62-65(66)53(37)35-57-55-33-45(27-31-59(55)70(68(57)62)48-17-9-6-10-18-48)49-29-25-43-23-21-41-13-11-19-51(49)63(41)43/h5-17,19-20,25-40,48H,18,21-24H2,1-4H3. The van der Waals surface area contributed by atoms with Gasteiger partial charge in [-0.2, -0.15) is 0 Å². The summed E-state index contributed by atoms with van der Waals surface area (Å²) in [5.74, 6) is 1.23. The van der Waals surface area contributed by atoms with Gasteiger partial charge in [0.05, 0.1) is 22.6 Å². The molecular formula is C68H54N2. The summed E-state index contributed by atoms with van der Waals surface area (Å²) in [4.78, 5) is 0. The van der Waals surface area contributed by atoms with Crippen molar-refractivity contribution in [1.82, 2.24) is 9.13 Å². The van der Waals surface area contributed by atoms with E-state index in [1.165, 1.54) is 143 Å². The first-order valence-electron chi connectivity index (χ1n) is 26.2. The molecule has 0 saturated carbocycles. The van der Waals surface area contributed by atoms with E-state index in [0.29, 0.717) is 23.7 Å². The number of aromatic nitrogens is 2. The maximum Gasteiger partial charge on any atom is 0.0582 e. The zero-order valence-electron chi connectivity index (χ0n) is 40.4. The molecule has 0 amide bonds. The second-order valence-electron chi connectivity index (χ2n) is 21.8. The lowest BCUT2D eigenvalue weighted by molar-refractivity contribution is 0.580. The van der Waals surface area contributed by atoms with Gasteiger partial charge in [-0.15, -0.1) is 0 Å². The molecule has 0 fully saturated rings. The molecular weight excluding hydrogens is 845 g/mol. The molecule has 0 bridgehead atoms. The quantitative estimate of drug-likeness (QED) is 0.167. The van der Waals surface area contributed by atoms with Gasteiger partial charge < -0.3 is 9.13 Å². The summed E-state index contributed by atoms with van der Waals surface area (Å²) in [6.07, 6.45) is 14.9. The number of nitrogens with zero attached hydrogens (tertiary/aromatic N) is 2. The lowest BCUT2D eigenvalue weighted by atomic mass is 9.62. The van der Waals surface area contributed by atoms with Crippen molar-refractivity contribution in [2.24, 2.45) is 0 Å². The van der Waals surface area contributed by atoms with E-state index in [9.17, 15) is 0 Å². The fraction of sp³-hybridized carbons (Fsp3) is 0.206. The van der Waals surface area contributed by atoms with Crippen molar-refractivity contribution in [2.75, 3.05) is 0 Å². The maximum atomic E-state index is 2.76. The number of hydrogen-bond acceptors (Lipinski definition) is 0.